The van der Waals surface area contributed by atoms with Gasteiger partial charge in [-0.3, -0.25) is 4.57 Å². The standard InChI is InChI=1S/C10H21Cl2O4P/c11-5-9-16-17(14,10-6-12)15-8-4-2-1-3-7-13/h13H,1-10H2. The minimum Gasteiger partial charge on any atom is -0.396 e. The molecule has 0 aliphatic rings. The maximum absolute atomic E-state index is 12.0. The van der Waals surface area contributed by atoms with Crippen molar-refractivity contribution >= 4 is 30.8 Å². The van der Waals surface area contributed by atoms with Gasteiger partial charge in [0.15, 0.2) is 0 Å². The highest BCUT2D eigenvalue weighted by molar-refractivity contribution is 7.53. The molecule has 17 heavy (non-hydrogen) atoms. The smallest absolute Gasteiger partial charge is 0.331 e. The van der Waals surface area contributed by atoms with E-state index in [2.05, 4.69) is 0 Å². The third-order valence-electron chi connectivity index (χ3n) is 2.06. The Labute approximate surface area is 113 Å². The van der Waals surface area contributed by atoms with Gasteiger partial charge in [-0.2, -0.15) is 0 Å². The molecule has 0 fully saturated rings. The monoisotopic (exact) mass is 306 g/mol. The van der Waals surface area contributed by atoms with Crippen LogP contribution in [0.25, 0.3) is 0 Å². The van der Waals surface area contributed by atoms with Crippen molar-refractivity contribution in [3.05, 3.63) is 0 Å². The minimum atomic E-state index is -3.06. The highest BCUT2D eigenvalue weighted by Gasteiger charge is 2.23. The van der Waals surface area contributed by atoms with Crippen LogP contribution in [0.4, 0.5) is 0 Å². The van der Waals surface area contributed by atoms with Gasteiger partial charge in [0.2, 0.25) is 0 Å². The number of aliphatic hydroxyl groups is 1. The zero-order valence-corrected chi connectivity index (χ0v) is 12.4. The van der Waals surface area contributed by atoms with Crippen LogP contribution in [-0.2, 0) is 13.6 Å². The molecule has 0 bridgehead atoms. The molecule has 104 valence electrons. The lowest BCUT2D eigenvalue weighted by atomic mass is 10.2. The molecule has 0 aliphatic heterocycles. The summed E-state index contributed by atoms with van der Waals surface area (Å²) in [7, 11) is -3.06. The first-order valence-electron chi connectivity index (χ1n) is 5.79. The maximum Gasteiger partial charge on any atom is 0.331 e. The predicted molar refractivity (Wildman–Crippen MR) is 71.4 cm³/mol. The molecule has 1 atom stereocenters. The number of hydrogen-bond donors (Lipinski definition) is 1. The third kappa shape index (κ3) is 10.3. The molecule has 0 saturated heterocycles. The number of aliphatic hydroxyl groups excluding tert-OH is 1. The molecular formula is C10H21Cl2O4P. The zero-order valence-electron chi connectivity index (χ0n) is 9.95. The molecule has 0 aromatic rings. The summed E-state index contributed by atoms with van der Waals surface area (Å²) < 4.78 is 22.4. The predicted octanol–water partition coefficient (Wildman–Crippen LogP) is 3.24. The number of hydrogen-bond acceptors (Lipinski definition) is 4. The first-order valence-corrected chi connectivity index (χ1v) is 8.59. The summed E-state index contributed by atoms with van der Waals surface area (Å²) in [6.07, 6.45) is 3.69. The van der Waals surface area contributed by atoms with E-state index in [4.69, 9.17) is 37.4 Å². The van der Waals surface area contributed by atoms with Crippen molar-refractivity contribution in [1.29, 1.82) is 0 Å². The van der Waals surface area contributed by atoms with E-state index >= 15 is 0 Å². The van der Waals surface area contributed by atoms with E-state index in [1.54, 1.807) is 0 Å². The molecule has 0 aromatic heterocycles. The first kappa shape index (κ1) is 17.7. The van der Waals surface area contributed by atoms with Gasteiger partial charge in [-0.1, -0.05) is 12.8 Å². The second-order valence-electron chi connectivity index (χ2n) is 3.52. The molecule has 4 nitrogen and oxygen atoms in total. The fourth-order valence-electron chi connectivity index (χ4n) is 1.21. The van der Waals surface area contributed by atoms with E-state index in [-0.39, 0.29) is 31.1 Å². The Hall–Kier alpha value is 0.690. The van der Waals surface area contributed by atoms with Crippen LogP contribution in [0.3, 0.4) is 0 Å². The summed E-state index contributed by atoms with van der Waals surface area (Å²) in [5.74, 6) is 0.524. The Morgan fingerprint density at radius 2 is 1.59 bits per heavy atom. The lowest BCUT2D eigenvalue weighted by Gasteiger charge is -2.17. The average molecular weight is 307 g/mol. The van der Waals surface area contributed by atoms with Crippen LogP contribution >= 0.6 is 30.8 Å². The Kier molecular flexibility index (Phi) is 12.2. The fraction of sp³-hybridized carbons (Fsp3) is 1.00. The molecule has 0 heterocycles. The Morgan fingerprint density at radius 1 is 0.941 bits per heavy atom. The van der Waals surface area contributed by atoms with Crippen molar-refractivity contribution in [2.75, 3.05) is 37.7 Å². The average Bonchev–Trinajstić information content (AvgIpc) is 2.32. The summed E-state index contributed by atoms with van der Waals surface area (Å²) in [6, 6.07) is 0. The summed E-state index contributed by atoms with van der Waals surface area (Å²) in [5.41, 5.74) is 0. The van der Waals surface area contributed by atoms with Crippen LogP contribution in [0.15, 0.2) is 0 Å². The Balaban J connectivity index is 3.72. The number of rotatable bonds is 12. The zero-order chi connectivity index (χ0) is 13.0. The minimum absolute atomic E-state index is 0.209. The fourth-order valence-corrected chi connectivity index (χ4v) is 3.34. The van der Waals surface area contributed by atoms with Crippen LogP contribution in [0.2, 0.25) is 0 Å². The van der Waals surface area contributed by atoms with Crippen molar-refractivity contribution in [2.45, 2.75) is 25.7 Å². The number of alkyl halides is 2. The summed E-state index contributed by atoms with van der Waals surface area (Å²) in [6.45, 7) is 0.812. The first-order chi connectivity index (χ1) is 8.18. The lowest BCUT2D eigenvalue weighted by molar-refractivity contribution is 0.208. The number of unbranched alkanes of at least 4 members (excludes halogenated alkanes) is 3. The van der Waals surface area contributed by atoms with E-state index in [1.807, 2.05) is 0 Å². The molecule has 7 heteroatoms. The third-order valence-corrected chi connectivity index (χ3v) is 4.59. The van der Waals surface area contributed by atoms with E-state index in [0.29, 0.717) is 6.61 Å². The van der Waals surface area contributed by atoms with Gasteiger partial charge in [-0.25, -0.2) is 0 Å². The van der Waals surface area contributed by atoms with Gasteiger partial charge in [0.25, 0.3) is 0 Å². The highest BCUT2D eigenvalue weighted by Crippen LogP contribution is 2.48. The van der Waals surface area contributed by atoms with E-state index in [1.165, 1.54) is 0 Å². The van der Waals surface area contributed by atoms with Gasteiger partial charge in [0.05, 0.1) is 19.4 Å². The second-order valence-corrected chi connectivity index (χ2v) is 6.46. The van der Waals surface area contributed by atoms with Gasteiger partial charge >= 0.3 is 7.60 Å². The Morgan fingerprint density at radius 3 is 2.18 bits per heavy atom. The van der Waals surface area contributed by atoms with E-state index in [9.17, 15) is 4.57 Å². The molecular weight excluding hydrogens is 286 g/mol. The van der Waals surface area contributed by atoms with Crippen molar-refractivity contribution in [1.82, 2.24) is 0 Å². The second kappa shape index (κ2) is 11.8. The highest BCUT2D eigenvalue weighted by atomic mass is 35.5. The van der Waals surface area contributed by atoms with Crippen LogP contribution < -0.4 is 0 Å². The van der Waals surface area contributed by atoms with Gasteiger partial charge in [0, 0.05) is 18.4 Å². The van der Waals surface area contributed by atoms with Crippen molar-refractivity contribution in [2.24, 2.45) is 0 Å². The molecule has 0 aromatic carbocycles. The quantitative estimate of drug-likeness (QED) is 0.342. The molecule has 0 spiro atoms. The molecule has 1 unspecified atom stereocenters. The van der Waals surface area contributed by atoms with Crippen molar-refractivity contribution < 1.29 is 18.7 Å². The van der Waals surface area contributed by atoms with Gasteiger partial charge in [-0.15, -0.1) is 23.2 Å². The van der Waals surface area contributed by atoms with Gasteiger partial charge in [0.1, 0.15) is 0 Å². The van der Waals surface area contributed by atoms with Gasteiger partial charge < -0.3 is 14.2 Å². The molecule has 0 amide bonds. The molecule has 0 aliphatic carbocycles. The van der Waals surface area contributed by atoms with Crippen LogP contribution in [0.1, 0.15) is 25.7 Å². The Bertz CT molecular complexity index is 216. The maximum atomic E-state index is 12.0. The summed E-state index contributed by atoms with van der Waals surface area (Å²) in [4.78, 5) is 0. The van der Waals surface area contributed by atoms with E-state index < -0.39 is 7.60 Å². The van der Waals surface area contributed by atoms with Crippen LogP contribution in [-0.4, -0.2) is 42.8 Å². The number of halogens is 2. The molecule has 1 N–H and O–H groups in total. The van der Waals surface area contributed by atoms with Crippen LogP contribution in [0.5, 0.6) is 0 Å². The SMILES string of the molecule is O=P(CCCl)(OCCCl)OCCCCCCO. The molecule has 0 radical (unpaired) electrons. The topological polar surface area (TPSA) is 55.8 Å². The van der Waals surface area contributed by atoms with Gasteiger partial charge in [-0.05, 0) is 12.8 Å². The normalized spacial score (nSPS) is 14.8. The summed E-state index contributed by atoms with van der Waals surface area (Å²) in [5, 5.41) is 8.60. The van der Waals surface area contributed by atoms with E-state index in [0.717, 1.165) is 25.7 Å². The largest absolute Gasteiger partial charge is 0.396 e. The molecule has 0 saturated carbocycles. The van der Waals surface area contributed by atoms with Crippen LogP contribution in [0, 0.1) is 0 Å². The van der Waals surface area contributed by atoms with Crippen molar-refractivity contribution in [3.63, 3.8) is 0 Å². The van der Waals surface area contributed by atoms with Crippen molar-refractivity contribution in [3.8, 4) is 0 Å². The molecule has 0 rings (SSSR count). The summed E-state index contributed by atoms with van der Waals surface area (Å²) >= 11 is 11.0. The lowest BCUT2D eigenvalue weighted by Crippen LogP contribution is -2.04.